The maximum atomic E-state index is 13.7. The number of hydrogen-bond acceptors (Lipinski definition) is 3. The lowest BCUT2D eigenvalue weighted by Gasteiger charge is -2.37. The first-order valence-electron chi connectivity index (χ1n) is 11.0. The van der Waals surface area contributed by atoms with E-state index in [-0.39, 0.29) is 5.82 Å². The molecule has 7 heteroatoms. The second kappa shape index (κ2) is 9.32. The van der Waals surface area contributed by atoms with Crippen LogP contribution in [0.5, 0.6) is 5.75 Å². The third-order valence-corrected chi connectivity index (χ3v) is 9.56. The van der Waals surface area contributed by atoms with E-state index >= 15 is 0 Å². The molecule has 0 saturated heterocycles. The highest BCUT2D eigenvalue weighted by atomic mass is 35.5. The first-order valence-corrected chi connectivity index (χ1v) is 13.1. The lowest BCUT2D eigenvalue weighted by Crippen LogP contribution is -2.32. The monoisotopic (exact) mass is 483 g/mol. The van der Waals surface area contributed by atoms with Gasteiger partial charge in [0.05, 0.1) is 16.2 Å². The Morgan fingerprint density at radius 2 is 1.67 bits per heavy atom. The zero-order valence-electron chi connectivity index (χ0n) is 19.3. The van der Waals surface area contributed by atoms with E-state index in [0.29, 0.717) is 16.5 Å². The van der Waals surface area contributed by atoms with Crippen molar-refractivity contribution in [2.24, 2.45) is 4.74 Å². The molecule has 0 fully saturated rings. The largest absolute Gasteiger partial charge is 0.454 e. The first-order chi connectivity index (χ1) is 15.7. The Morgan fingerprint density at radius 1 is 1.00 bits per heavy atom. The molecule has 0 spiro atoms. The molecule has 4 rings (SSSR count). The summed E-state index contributed by atoms with van der Waals surface area (Å²) in [7, 11) is -2.86. The van der Waals surface area contributed by atoms with Crippen LogP contribution >= 0.6 is 18.9 Å². The van der Waals surface area contributed by atoms with Gasteiger partial charge in [-0.05, 0) is 48.9 Å². The molecular formula is C26H28ClFN3OP. The van der Waals surface area contributed by atoms with Gasteiger partial charge in [0, 0.05) is 17.1 Å². The maximum Gasteiger partial charge on any atom is 0.191 e. The number of rotatable bonds is 6. The average Bonchev–Trinajstić information content (AvgIpc) is 3.14. The quantitative estimate of drug-likeness (QED) is 0.259. The number of fused-ring (bicyclic) bond motifs is 1. The fraction of sp³-hybridized carbons (Fsp3) is 0.269. The van der Waals surface area contributed by atoms with Crippen LogP contribution < -0.4 is 9.96 Å². The van der Waals surface area contributed by atoms with Crippen molar-refractivity contribution in [3.05, 3.63) is 83.6 Å². The van der Waals surface area contributed by atoms with E-state index in [4.69, 9.17) is 26.0 Å². The van der Waals surface area contributed by atoms with Crippen molar-refractivity contribution in [1.29, 1.82) is 0 Å². The highest BCUT2D eigenvalue weighted by molar-refractivity contribution is 7.71. The van der Waals surface area contributed by atoms with Crippen LogP contribution in [0.1, 0.15) is 34.1 Å². The van der Waals surface area contributed by atoms with Crippen molar-refractivity contribution >= 4 is 40.9 Å². The highest BCUT2D eigenvalue weighted by Gasteiger charge is 2.43. The molecule has 0 unspecified atom stereocenters. The Labute approximate surface area is 199 Å². The number of aromatic nitrogens is 2. The highest BCUT2D eigenvalue weighted by Crippen LogP contribution is 2.63. The van der Waals surface area contributed by atoms with E-state index in [0.717, 1.165) is 29.3 Å². The summed E-state index contributed by atoms with van der Waals surface area (Å²) in [4.78, 5) is 0. The summed E-state index contributed by atoms with van der Waals surface area (Å²) in [5.41, 5.74) is 2.52. The van der Waals surface area contributed by atoms with Crippen molar-refractivity contribution in [3.8, 4) is 5.75 Å². The number of aryl methyl sites for hydroxylation is 1. The first kappa shape index (κ1) is 23.5. The maximum absolute atomic E-state index is 13.7. The summed E-state index contributed by atoms with van der Waals surface area (Å²) in [5, 5.41) is 6.05. The lowest BCUT2D eigenvalue weighted by atomic mass is 10.2. The molecule has 0 aliphatic carbocycles. The van der Waals surface area contributed by atoms with Crippen LogP contribution in [0.2, 0.25) is 5.02 Å². The van der Waals surface area contributed by atoms with Gasteiger partial charge in [0.15, 0.2) is 7.28 Å². The van der Waals surface area contributed by atoms with Crippen LogP contribution in [-0.4, -0.2) is 14.9 Å². The molecule has 1 aromatic heterocycles. The lowest BCUT2D eigenvalue weighted by molar-refractivity contribution is 0.555. The van der Waals surface area contributed by atoms with Crippen LogP contribution in [0, 0.1) is 5.82 Å². The van der Waals surface area contributed by atoms with Crippen molar-refractivity contribution < 1.29 is 8.91 Å². The zero-order valence-corrected chi connectivity index (χ0v) is 20.9. The Kier molecular flexibility index (Phi) is 6.65. The summed E-state index contributed by atoms with van der Waals surface area (Å²) in [6, 6.07) is 21.7. The van der Waals surface area contributed by atoms with Crippen LogP contribution in [0.3, 0.4) is 0 Å². The molecule has 172 valence electrons. The van der Waals surface area contributed by atoms with Gasteiger partial charge in [-0.25, -0.2) is 9.14 Å². The predicted molar refractivity (Wildman–Crippen MR) is 137 cm³/mol. The van der Waals surface area contributed by atoms with Crippen LogP contribution in [0.15, 0.2) is 77.5 Å². The molecule has 0 saturated carbocycles. The van der Waals surface area contributed by atoms with Crippen molar-refractivity contribution in [3.63, 3.8) is 0 Å². The average molecular weight is 484 g/mol. The summed E-state index contributed by atoms with van der Waals surface area (Å²) in [5.74, 6) is 0.246. The fourth-order valence-corrected chi connectivity index (χ4v) is 7.35. The molecule has 4 nitrogen and oxygen atoms in total. The van der Waals surface area contributed by atoms with Gasteiger partial charge in [0.2, 0.25) is 0 Å². The molecule has 0 N–H and O–H groups in total. The molecule has 33 heavy (non-hydrogen) atoms. The van der Waals surface area contributed by atoms with Gasteiger partial charge in [0.25, 0.3) is 0 Å². The van der Waals surface area contributed by atoms with Crippen molar-refractivity contribution in [2.45, 2.75) is 45.8 Å². The molecule has 0 radical (unpaired) electrons. The fourth-order valence-electron chi connectivity index (χ4n) is 3.80. The Morgan fingerprint density at radius 3 is 2.33 bits per heavy atom. The molecule has 4 aromatic rings. The molecule has 3 aromatic carbocycles. The Balaban J connectivity index is 2.13. The smallest absolute Gasteiger partial charge is 0.191 e. The predicted octanol–water partition coefficient (Wildman–Crippen LogP) is 8.19. The zero-order chi connectivity index (χ0) is 23.6. The number of benzene rings is 3. The van der Waals surface area contributed by atoms with E-state index in [1.165, 1.54) is 12.1 Å². The third kappa shape index (κ3) is 4.58. The summed E-state index contributed by atoms with van der Waals surface area (Å²) < 4.78 is 27.9. The van der Waals surface area contributed by atoms with Gasteiger partial charge >= 0.3 is 0 Å². The van der Waals surface area contributed by atoms with Gasteiger partial charge < -0.3 is 4.52 Å². The molecule has 0 aliphatic heterocycles. The minimum atomic E-state index is -2.86. The van der Waals surface area contributed by atoms with Crippen molar-refractivity contribution in [1.82, 2.24) is 9.78 Å². The topological polar surface area (TPSA) is 39.4 Å². The van der Waals surface area contributed by atoms with Gasteiger partial charge in [-0.3, -0.25) is 4.68 Å². The van der Waals surface area contributed by atoms with E-state index in [2.05, 4.69) is 33.8 Å². The molecule has 1 heterocycles. The van der Waals surface area contributed by atoms with Gasteiger partial charge in [0.1, 0.15) is 17.0 Å². The minimum Gasteiger partial charge on any atom is -0.454 e. The molecular weight excluding hydrogens is 456 g/mol. The minimum absolute atomic E-state index is 0.313. The van der Waals surface area contributed by atoms with E-state index < -0.39 is 12.4 Å². The van der Waals surface area contributed by atoms with Crippen molar-refractivity contribution in [2.75, 3.05) is 0 Å². The Bertz CT molecular complexity index is 1330. The number of halogens is 2. The summed E-state index contributed by atoms with van der Waals surface area (Å²) in [6.45, 7) is 9.24. The standard InChI is InChI=1S/C26H28ClFN3OP/c1-5-18-31-25(21-10-6-8-12-23(21)29-31)33(26(2,3)4,30-24-13-9-7-11-22(24)27)32-20-16-14-19(28)15-17-20/h6-17H,5,18H2,1-4H3/t33-/m0/s1. The number of nitrogens with zero attached hydrogens (tertiary/aromatic N) is 3. The normalized spacial score (nSPS) is 13.6. The molecule has 0 bridgehead atoms. The summed E-state index contributed by atoms with van der Waals surface area (Å²) >= 11 is 6.58. The third-order valence-electron chi connectivity index (χ3n) is 5.40. The summed E-state index contributed by atoms with van der Waals surface area (Å²) in [6.07, 6.45) is 0.910. The second-order valence-electron chi connectivity index (χ2n) is 8.91. The van der Waals surface area contributed by atoms with Crippen LogP contribution in [0.25, 0.3) is 10.9 Å². The second-order valence-corrected chi connectivity index (χ2v) is 12.6. The van der Waals surface area contributed by atoms with Gasteiger partial charge in [-0.15, -0.1) is 0 Å². The van der Waals surface area contributed by atoms with Gasteiger partial charge in [-0.2, -0.15) is 5.10 Å². The van der Waals surface area contributed by atoms with Crippen LogP contribution in [0.4, 0.5) is 10.1 Å². The SMILES string of the molecule is CCCn1nc2ccccc2c1[P@](=Nc1ccccc1Cl)(Oc1ccc(F)cc1)C(C)(C)C. The van der Waals surface area contributed by atoms with E-state index in [9.17, 15) is 4.39 Å². The van der Waals surface area contributed by atoms with Crippen LogP contribution in [-0.2, 0) is 6.54 Å². The molecule has 1 atom stereocenters. The molecule has 0 aliphatic rings. The van der Waals surface area contributed by atoms with E-state index in [1.807, 2.05) is 47.1 Å². The molecule has 0 amide bonds. The van der Waals surface area contributed by atoms with Gasteiger partial charge in [-0.1, -0.05) is 69.6 Å². The Hall–Kier alpha value is -2.62. The number of hydrogen-bond donors (Lipinski definition) is 0. The van der Waals surface area contributed by atoms with E-state index in [1.54, 1.807) is 12.1 Å².